The molecule has 0 aromatic heterocycles. The Hall–Kier alpha value is -3.87. The normalized spacial score (nSPS) is 13.3. The van der Waals surface area contributed by atoms with Crippen molar-refractivity contribution in [1.82, 2.24) is 0 Å². The molecular weight excluding hydrogens is 374 g/mol. The number of benzene rings is 3. The number of carbonyl (C=O) groups is 1. The van der Waals surface area contributed by atoms with Crippen molar-refractivity contribution in [3.8, 4) is 39.9 Å². The molecule has 0 radical (unpaired) electrons. The third-order valence-corrected chi connectivity index (χ3v) is 4.76. The zero-order valence-corrected chi connectivity index (χ0v) is 15.6. The number of carbonyl (C=O) groups excluding carboxylic acids is 1. The fourth-order valence-electron chi connectivity index (χ4n) is 3.32. The highest BCUT2D eigenvalue weighted by molar-refractivity contribution is 6.05. The van der Waals surface area contributed by atoms with Crippen LogP contribution in [0.25, 0.3) is 11.1 Å². The Morgan fingerprint density at radius 2 is 1.59 bits per heavy atom. The van der Waals surface area contributed by atoms with E-state index >= 15 is 0 Å². The molecule has 0 atom stereocenters. The van der Waals surface area contributed by atoms with E-state index in [4.69, 9.17) is 23.7 Å². The van der Waals surface area contributed by atoms with Crippen LogP contribution in [0.3, 0.4) is 0 Å². The molecule has 3 aromatic carbocycles. The van der Waals surface area contributed by atoms with Crippen molar-refractivity contribution >= 4 is 11.6 Å². The summed E-state index contributed by atoms with van der Waals surface area (Å²) in [5, 5.41) is 2.92. The smallest absolute Gasteiger partial charge is 0.255 e. The maximum Gasteiger partial charge on any atom is 0.255 e. The van der Waals surface area contributed by atoms with Crippen LogP contribution in [0.1, 0.15) is 10.4 Å². The highest BCUT2D eigenvalue weighted by Crippen LogP contribution is 2.42. The number of methoxy groups -OCH3 is 1. The summed E-state index contributed by atoms with van der Waals surface area (Å²) in [6, 6.07) is 16.3. The fourth-order valence-corrected chi connectivity index (χ4v) is 3.32. The number of amides is 1. The summed E-state index contributed by atoms with van der Waals surface area (Å²) >= 11 is 0. The summed E-state index contributed by atoms with van der Waals surface area (Å²) in [6.07, 6.45) is 0. The van der Waals surface area contributed by atoms with Crippen LogP contribution in [0.4, 0.5) is 5.69 Å². The number of ether oxygens (including phenoxy) is 5. The van der Waals surface area contributed by atoms with Crippen LogP contribution in [0.5, 0.6) is 28.7 Å². The van der Waals surface area contributed by atoms with Gasteiger partial charge in [-0.25, -0.2) is 0 Å². The van der Waals surface area contributed by atoms with Crippen molar-refractivity contribution in [1.29, 1.82) is 0 Å². The minimum absolute atomic E-state index is 0.166. The van der Waals surface area contributed by atoms with Gasteiger partial charge in [0.1, 0.15) is 5.75 Å². The molecular formula is C22H17NO6. The lowest BCUT2D eigenvalue weighted by Gasteiger charge is -2.12. The number of rotatable bonds is 4. The van der Waals surface area contributed by atoms with Gasteiger partial charge >= 0.3 is 0 Å². The van der Waals surface area contributed by atoms with E-state index in [-0.39, 0.29) is 19.5 Å². The maximum atomic E-state index is 12.7. The zero-order chi connectivity index (χ0) is 19.8. The molecule has 2 aliphatic rings. The van der Waals surface area contributed by atoms with Crippen LogP contribution in [0.15, 0.2) is 54.6 Å². The second-order valence-electron chi connectivity index (χ2n) is 6.51. The van der Waals surface area contributed by atoms with Gasteiger partial charge in [-0.05, 0) is 42.0 Å². The largest absolute Gasteiger partial charge is 0.496 e. The number of hydrogen-bond acceptors (Lipinski definition) is 6. The fraction of sp³-hybridized carbons (Fsp3) is 0.136. The van der Waals surface area contributed by atoms with Crippen LogP contribution < -0.4 is 29.0 Å². The topological polar surface area (TPSA) is 75.3 Å². The molecule has 0 saturated heterocycles. The second-order valence-corrected chi connectivity index (χ2v) is 6.51. The maximum absolute atomic E-state index is 12.7. The van der Waals surface area contributed by atoms with E-state index in [1.165, 1.54) is 0 Å². The lowest BCUT2D eigenvalue weighted by atomic mass is 10.0. The molecule has 0 aliphatic carbocycles. The van der Waals surface area contributed by atoms with Gasteiger partial charge in [0.25, 0.3) is 5.91 Å². The third kappa shape index (κ3) is 3.16. The predicted molar refractivity (Wildman–Crippen MR) is 105 cm³/mol. The molecule has 7 nitrogen and oxygen atoms in total. The molecule has 146 valence electrons. The minimum atomic E-state index is -0.238. The predicted octanol–water partition coefficient (Wildman–Crippen LogP) is 4.07. The Labute approximate surface area is 166 Å². The Morgan fingerprint density at radius 3 is 2.38 bits per heavy atom. The molecule has 1 N–H and O–H groups in total. The SMILES string of the molecule is COc1cc2c(cc1-c1cccc(NC(=O)c3ccc4c(c3)OCO4)c1)OCO2. The first kappa shape index (κ1) is 17.2. The van der Waals surface area contributed by atoms with Crippen molar-refractivity contribution in [2.75, 3.05) is 26.0 Å². The van der Waals surface area contributed by atoms with Crippen LogP contribution in [0, 0.1) is 0 Å². The van der Waals surface area contributed by atoms with Crippen molar-refractivity contribution in [2.45, 2.75) is 0 Å². The van der Waals surface area contributed by atoms with Gasteiger partial charge in [0.2, 0.25) is 13.6 Å². The molecule has 5 rings (SSSR count). The van der Waals surface area contributed by atoms with Gasteiger partial charge < -0.3 is 29.0 Å². The summed E-state index contributed by atoms with van der Waals surface area (Å²) in [6.45, 7) is 0.355. The first-order valence-electron chi connectivity index (χ1n) is 9.00. The van der Waals surface area contributed by atoms with Crippen molar-refractivity contribution in [3.05, 3.63) is 60.2 Å². The van der Waals surface area contributed by atoms with Gasteiger partial charge in [-0.3, -0.25) is 4.79 Å². The summed E-state index contributed by atoms with van der Waals surface area (Å²) in [7, 11) is 1.60. The number of anilines is 1. The Bertz CT molecular complexity index is 1110. The highest BCUT2D eigenvalue weighted by atomic mass is 16.7. The monoisotopic (exact) mass is 391 g/mol. The molecule has 3 aromatic rings. The lowest BCUT2D eigenvalue weighted by molar-refractivity contribution is 0.102. The molecule has 0 unspecified atom stereocenters. The van der Waals surface area contributed by atoms with E-state index in [0.29, 0.717) is 40.0 Å². The summed E-state index contributed by atoms with van der Waals surface area (Å²) in [4.78, 5) is 12.7. The van der Waals surface area contributed by atoms with Crippen LogP contribution in [-0.2, 0) is 0 Å². The van der Waals surface area contributed by atoms with Gasteiger partial charge in [-0.2, -0.15) is 0 Å². The van der Waals surface area contributed by atoms with Crippen molar-refractivity contribution < 1.29 is 28.5 Å². The molecule has 29 heavy (non-hydrogen) atoms. The molecule has 0 saturated carbocycles. The van der Waals surface area contributed by atoms with Crippen LogP contribution >= 0.6 is 0 Å². The van der Waals surface area contributed by atoms with E-state index in [2.05, 4.69) is 5.32 Å². The molecule has 2 aliphatic heterocycles. The van der Waals surface area contributed by atoms with Gasteiger partial charge in [-0.1, -0.05) is 12.1 Å². The molecule has 1 amide bonds. The van der Waals surface area contributed by atoms with Crippen LogP contribution in [-0.4, -0.2) is 26.6 Å². The molecule has 0 spiro atoms. The van der Waals surface area contributed by atoms with Gasteiger partial charge in [-0.15, -0.1) is 0 Å². The summed E-state index contributed by atoms with van der Waals surface area (Å²) in [5.41, 5.74) is 2.87. The molecule has 0 fully saturated rings. The first-order chi connectivity index (χ1) is 14.2. The third-order valence-electron chi connectivity index (χ3n) is 4.76. The first-order valence-corrected chi connectivity index (χ1v) is 9.00. The average Bonchev–Trinajstić information content (AvgIpc) is 3.41. The highest BCUT2D eigenvalue weighted by Gasteiger charge is 2.20. The standard InChI is InChI=1S/C22H17NO6/c1-25-18-10-21-20(28-12-29-21)9-16(18)13-3-2-4-15(7-13)23-22(24)14-5-6-17-19(8-14)27-11-26-17/h2-10H,11-12H2,1H3,(H,23,24). The Kier molecular flexibility index (Phi) is 4.13. The van der Waals surface area contributed by atoms with Gasteiger partial charge in [0, 0.05) is 22.9 Å². The van der Waals surface area contributed by atoms with E-state index in [1.54, 1.807) is 31.4 Å². The van der Waals surface area contributed by atoms with Crippen LogP contribution in [0.2, 0.25) is 0 Å². The summed E-state index contributed by atoms with van der Waals surface area (Å²) in [5.74, 6) is 2.94. The molecule has 2 heterocycles. The van der Waals surface area contributed by atoms with Gasteiger partial charge in [0.05, 0.1) is 7.11 Å². The molecule has 0 bridgehead atoms. The van der Waals surface area contributed by atoms with E-state index in [0.717, 1.165) is 11.1 Å². The molecule has 7 heteroatoms. The average molecular weight is 391 g/mol. The van der Waals surface area contributed by atoms with E-state index in [1.807, 2.05) is 30.3 Å². The lowest BCUT2D eigenvalue weighted by Crippen LogP contribution is -2.11. The van der Waals surface area contributed by atoms with Crippen molar-refractivity contribution in [3.63, 3.8) is 0 Å². The van der Waals surface area contributed by atoms with Crippen molar-refractivity contribution in [2.24, 2.45) is 0 Å². The van der Waals surface area contributed by atoms with E-state index in [9.17, 15) is 4.79 Å². The minimum Gasteiger partial charge on any atom is -0.496 e. The summed E-state index contributed by atoms with van der Waals surface area (Å²) < 4.78 is 27.0. The quantitative estimate of drug-likeness (QED) is 0.723. The Morgan fingerprint density at radius 1 is 0.862 bits per heavy atom. The number of nitrogens with one attached hydrogen (secondary N) is 1. The number of hydrogen-bond donors (Lipinski definition) is 1. The van der Waals surface area contributed by atoms with E-state index < -0.39 is 0 Å². The second kappa shape index (κ2) is 6.94. The Balaban J connectivity index is 1.43. The zero-order valence-electron chi connectivity index (χ0n) is 15.6. The van der Waals surface area contributed by atoms with Gasteiger partial charge in [0.15, 0.2) is 23.0 Å². The number of fused-ring (bicyclic) bond motifs is 2.